The molecule has 0 aliphatic heterocycles. The first-order valence-electron chi connectivity index (χ1n) is 5.55. The van der Waals surface area contributed by atoms with E-state index >= 15 is 0 Å². The average molecular weight is 278 g/mol. The van der Waals surface area contributed by atoms with Crippen molar-refractivity contribution in [3.05, 3.63) is 57.1 Å². The lowest BCUT2D eigenvalue weighted by Crippen LogP contribution is -2.02. The first-order valence-corrected chi connectivity index (χ1v) is 5.93. The maximum absolute atomic E-state index is 11.1. The third-order valence-electron chi connectivity index (χ3n) is 2.73. The molecule has 5 nitrogen and oxygen atoms in total. The van der Waals surface area contributed by atoms with E-state index in [9.17, 15) is 10.1 Å². The van der Waals surface area contributed by atoms with Gasteiger partial charge in [0.25, 0.3) is 0 Å². The zero-order valence-electron chi connectivity index (χ0n) is 10.2. The molecule has 0 unspecified atom stereocenters. The summed E-state index contributed by atoms with van der Waals surface area (Å²) in [5.41, 5.74) is 7.45. The van der Waals surface area contributed by atoms with Gasteiger partial charge in [-0.05, 0) is 30.7 Å². The molecule has 2 rings (SSSR count). The van der Waals surface area contributed by atoms with Crippen molar-refractivity contribution in [2.45, 2.75) is 6.92 Å². The van der Waals surface area contributed by atoms with Gasteiger partial charge in [-0.25, -0.2) is 0 Å². The van der Waals surface area contributed by atoms with Crippen molar-refractivity contribution in [1.82, 2.24) is 0 Å². The molecule has 2 aromatic carbocycles. The second-order valence-electron chi connectivity index (χ2n) is 4.06. The van der Waals surface area contributed by atoms with E-state index in [4.69, 9.17) is 17.3 Å². The monoisotopic (exact) mass is 277 g/mol. The highest BCUT2D eigenvalue weighted by Crippen LogP contribution is 2.35. The number of nitrogens with two attached hydrogens (primary N) is 1. The van der Waals surface area contributed by atoms with E-state index in [-0.39, 0.29) is 11.4 Å². The molecule has 0 fully saturated rings. The second kappa shape index (κ2) is 5.16. The number of nitrogens with zero attached hydrogens (tertiary/aromatic N) is 1. The number of para-hydroxylation sites is 2. The van der Waals surface area contributed by atoms with Crippen molar-refractivity contribution in [1.29, 1.82) is 0 Å². The summed E-state index contributed by atoms with van der Waals surface area (Å²) in [4.78, 5) is 10.5. The third kappa shape index (κ3) is 2.61. The van der Waals surface area contributed by atoms with Gasteiger partial charge in [0.15, 0.2) is 0 Å². The number of benzene rings is 2. The third-order valence-corrected chi connectivity index (χ3v) is 3.05. The Hall–Kier alpha value is -2.27. The van der Waals surface area contributed by atoms with E-state index < -0.39 is 4.92 Å². The summed E-state index contributed by atoms with van der Waals surface area (Å²) >= 11 is 6.09. The van der Waals surface area contributed by atoms with Crippen LogP contribution < -0.4 is 11.1 Å². The number of nitrogen functional groups attached to an aromatic ring is 1. The zero-order valence-corrected chi connectivity index (χ0v) is 10.9. The average Bonchev–Trinajstić information content (AvgIpc) is 2.33. The predicted octanol–water partition coefficient (Wildman–Crippen LogP) is 3.88. The first kappa shape index (κ1) is 13.2. The number of hydrogen-bond donors (Lipinski definition) is 2. The van der Waals surface area contributed by atoms with Crippen LogP contribution in [0, 0.1) is 17.0 Å². The predicted molar refractivity (Wildman–Crippen MR) is 77.0 cm³/mol. The summed E-state index contributed by atoms with van der Waals surface area (Å²) in [6.07, 6.45) is 0. The van der Waals surface area contributed by atoms with Crippen LogP contribution in [-0.2, 0) is 0 Å². The zero-order chi connectivity index (χ0) is 14.0. The van der Waals surface area contributed by atoms with Crippen LogP contribution in [0.15, 0.2) is 36.4 Å². The van der Waals surface area contributed by atoms with Gasteiger partial charge >= 0.3 is 5.69 Å². The minimum atomic E-state index is -0.510. The minimum Gasteiger partial charge on any atom is -0.393 e. The van der Waals surface area contributed by atoms with Crippen molar-refractivity contribution in [3.63, 3.8) is 0 Å². The van der Waals surface area contributed by atoms with Crippen molar-refractivity contribution in [3.8, 4) is 0 Å². The topological polar surface area (TPSA) is 81.2 Å². The van der Waals surface area contributed by atoms with Crippen molar-refractivity contribution in [2.24, 2.45) is 0 Å². The highest BCUT2D eigenvalue weighted by Gasteiger charge is 2.18. The maximum atomic E-state index is 11.1. The molecule has 0 amide bonds. The van der Waals surface area contributed by atoms with Gasteiger partial charge in [0.05, 0.1) is 15.6 Å². The lowest BCUT2D eigenvalue weighted by atomic mass is 10.1. The maximum Gasteiger partial charge on any atom is 0.315 e. The molecule has 0 aliphatic carbocycles. The van der Waals surface area contributed by atoms with Gasteiger partial charge in [0.2, 0.25) is 0 Å². The fourth-order valence-corrected chi connectivity index (χ4v) is 2.06. The molecule has 0 radical (unpaired) electrons. The summed E-state index contributed by atoms with van der Waals surface area (Å²) in [6.45, 7) is 1.87. The van der Waals surface area contributed by atoms with Gasteiger partial charge in [-0.1, -0.05) is 29.8 Å². The van der Waals surface area contributed by atoms with Gasteiger partial charge in [-0.2, -0.15) is 0 Å². The molecule has 98 valence electrons. The summed E-state index contributed by atoms with van der Waals surface area (Å²) in [5, 5.41) is 14.5. The van der Waals surface area contributed by atoms with E-state index in [1.54, 1.807) is 18.2 Å². The molecule has 0 atom stereocenters. The summed E-state index contributed by atoms with van der Waals surface area (Å²) < 4.78 is 0. The largest absolute Gasteiger partial charge is 0.393 e. The molecular weight excluding hydrogens is 266 g/mol. The lowest BCUT2D eigenvalue weighted by Gasteiger charge is -2.12. The fourth-order valence-electron chi connectivity index (χ4n) is 1.79. The summed E-state index contributed by atoms with van der Waals surface area (Å²) in [6, 6.07) is 10.1. The minimum absolute atomic E-state index is 0.111. The van der Waals surface area contributed by atoms with E-state index in [2.05, 4.69) is 5.32 Å². The first-order chi connectivity index (χ1) is 9.00. The number of rotatable bonds is 3. The number of aryl methyl sites for hydroxylation is 1. The normalized spacial score (nSPS) is 10.2. The second-order valence-corrected chi connectivity index (χ2v) is 4.46. The summed E-state index contributed by atoms with van der Waals surface area (Å²) in [7, 11) is 0. The molecule has 0 bridgehead atoms. The number of halogens is 1. The van der Waals surface area contributed by atoms with Gasteiger partial charge in [-0.3, -0.25) is 10.1 Å². The molecule has 0 saturated carbocycles. The molecule has 0 aromatic heterocycles. The number of hydrogen-bond acceptors (Lipinski definition) is 4. The van der Waals surface area contributed by atoms with E-state index in [0.717, 1.165) is 5.56 Å². The highest BCUT2D eigenvalue weighted by atomic mass is 35.5. The van der Waals surface area contributed by atoms with Crippen molar-refractivity contribution in [2.75, 3.05) is 11.1 Å². The van der Waals surface area contributed by atoms with Gasteiger partial charge in [0.1, 0.15) is 11.4 Å². The number of nitro groups is 1. The van der Waals surface area contributed by atoms with E-state index in [1.165, 1.54) is 6.07 Å². The fraction of sp³-hybridized carbons (Fsp3) is 0.0769. The van der Waals surface area contributed by atoms with Gasteiger partial charge < -0.3 is 11.1 Å². The Morgan fingerprint density at radius 3 is 2.58 bits per heavy atom. The quantitative estimate of drug-likeness (QED) is 0.507. The Morgan fingerprint density at radius 2 is 1.95 bits per heavy atom. The van der Waals surface area contributed by atoms with Crippen molar-refractivity contribution < 1.29 is 4.92 Å². The van der Waals surface area contributed by atoms with Crippen LogP contribution >= 0.6 is 11.6 Å². The van der Waals surface area contributed by atoms with Gasteiger partial charge in [0, 0.05) is 0 Å². The molecule has 19 heavy (non-hydrogen) atoms. The number of anilines is 3. The van der Waals surface area contributed by atoms with Crippen LogP contribution in [0.25, 0.3) is 0 Å². The smallest absolute Gasteiger partial charge is 0.315 e. The lowest BCUT2D eigenvalue weighted by molar-refractivity contribution is -0.383. The molecule has 2 aromatic rings. The number of nitro benzene ring substituents is 1. The van der Waals surface area contributed by atoms with E-state index in [0.29, 0.717) is 16.4 Å². The van der Waals surface area contributed by atoms with E-state index in [1.807, 2.05) is 19.1 Å². The van der Waals surface area contributed by atoms with Crippen LogP contribution in [-0.4, -0.2) is 4.92 Å². The number of nitrogens with one attached hydrogen (secondary N) is 1. The Balaban J connectivity index is 2.50. The van der Waals surface area contributed by atoms with Crippen molar-refractivity contribution >= 4 is 34.4 Å². The Kier molecular flexibility index (Phi) is 3.57. The summed E-state index contributed by atoms with van der Waals surface area (Å²) in [5.74, 6) is 0. The Labute approximate surface area is 115 Å². The van der Waals surface area contributed by atoms with Crippen LogP contribution in [0.4, 0.5) is 22.7 Å². The highest BCUT2D eigenvalue weighted by molar-refractivity contribution is 6.33. The van der Waals surface area contributed by atoms with Crippen LogP contribution in [0.1, 0.15) is 5.56 Å². The SMILES string of the molecule is Cc1cccc(Cl)c1Nc1cccc(N)c1[N+](=O)[O-]. The molecule has 6 heteroatoms. The molecule has 0 heterocycles. The molecule has 0 saturated heterocycles. The molecule has 0 spiro atoms. The van der Waals surface area contributed by atoms with Crippen LogP contribution in [0.3, 0.4) is 0 Å². The Bertz CT molecular complexity index is 624. The standard InChI is InChI=1S/C13H12ClN3O2/c1-8-4-2-5-9(14)12(8)16-11-7-3-6-10(15)13(11)17(18)19/h2-7,16H,15H2,1H3. The molecular formula is C13H12ClN3O2. The molecule has 3 N–H and O–H groups in total. The van der Waals surface area contributed by atoms with Crippen LogP contribution in [0.5, 0.6) is 0 Å². The Morgan fingerprint density at radius 1 is 1.26 bits per heavy atom. The van der Waals surface area contributed by atoms with Gasteiger partial charge in [-0.15, -0.1) is 0 Å². The van der Waals surface area contributed by atoms with Crippen LogP contribution in [0.2, 0.25) is 5.02 Å². The molecule has 0 aliphatic rings.